The second-order valence-corrected chi connectivity index (χ2v) is 8.11. The molecule has 1 aliphatic rings. The lowest BCUT2D eigenvalue weighted by Crippen LogP contribution is -2.54. The van der Waals surface area contributed by atoms with E-state index in [1.54, 1.807) is 20.8 Å². The van der Waals surface area contributed by atoms with Crippen LogP contribution in [-0.4, -0.2) is 27.6 Å². The average Bonchev–Trinajstić information content (AvgIpc) is 2.43. The van der Waals surface area contributed by atoms with Crippen LogP contribution in [0.15, 0.2) is 18.2 Å². The van der Waals surface area contributed by atoms with Gasteiger partial charge < -0.3 is 15.4 Å². The summed E-state index contributed by atoms with van der Waals surface area (Å²) < 4.78 is 32.4. The van der Waals surface area contributed by atoms with Crippen molar-refractivity contribution in [1.29, 1.82) is 0 Å². The molecule has 0 saturated carbocycles. The number of nitrogens with one attached hydrogen (secondary N) is 2. The third-order valence-electron chi connectivity index (χ3n) is 3.44. The summed E-state index contributed by atoms with van der Waals surface area (Å²) in [6.07, 6.45) is -0.388. The number of hydrogen-bond donors (Lipinski definition) is 2. The van der Waals surface area contributed by atoms with Crippen molar-refractivity contribution < 1.29 is 23.1 Å². The van der Waals surface area contributed by atoms with Crippen LogP contribution >= 0.6 is 22.6 Å². The number of benzene rings is 1. The maximum absolute atomic E-state index is 14.1. The number of alkyl carbamates (subject to hydrolysis) is 1. The number of ether oxygens (including phenoxy) is 1. The van der Waals surface area contributed by atoms with E-state index in [4.69, 9.17) is 4.74 Å². The molecule has 132 valence electrons. The molecule has 1 aromatic carbocycles. The number of halogens is 3. The van der Waals surface area contributed by atoms with Crippen LogP contribution in [0.2, 0.25) is 0 Å². The van der Waals surface area contributed by atoms with Crippen LogP contribution in [0.1, 0.15) is 38.8 Å². The molecule has 2 rings (SSSR count). The van der Waals surface area contributed by atoms with Crippen LogP contribution in [0, 0.1) is 11.6 Å². The molecule has 2 N–H and O–H groups in total. The minimum Gasteiger partial charge on any atom is -0.444 e. The lowest BCUT2D eigenvalue weighted by atomic mass is 9.91. The molecule has 0 radical (unpaired) electrons. The summed E-state index contributed by atoms with van der Waals surface area (Å²) in [5.41, 5.74) is -0.696. The maximum Gasteiger partial charge on any atom is 0.407 e. The van der Waals surface area contributed by atoms with Crippen LogP contribution in [0.5, 0.6) is 0 Å². The summed E-state index contributed by atoms with van der Waals surface area (Å²) in [6, 6.07) is 1.54. The molecule has 2 unspecified atom stereocenters. The molecular formula is C16H19F2IN2O3. The molecule has 2 amide bonds. The average molecular weight is 452 g/mol. The van der Waals surface area contributed by atoms with E-state index in [1.807, 2.05) is 22.6 Å². The Balaban J connectivity index is 2.26. The maximum atomic E-state index is 14.1. The zero-order valence-corrected chi connectivity index (χ0v) is 15.7. The highest BCUT2D eigenvalue weighted by molar-refractivity contribution is 14.1. The Morgan fingerprint density at radius 2 is 2.04 bits per heavy atom. The summed E-state index contributed by atoms with van der Waals surface area (Å²) >= 11 is 1.95. The van der Waals surface area contributed by atoms with E-state index in [0.717, 1.165) is 18.2 Å². The van der Waals surface area contributed by atoms with E-state index >= 15 is 0 Å². The van der Waals surface area contributed by atoms with Gasteiger partial charge in [0.2, 0.25) is 5.91 Å². The highest BCUT2D eigenvalue weighted by Gasteiger charge is 2.38. The molecule has 24 heavy (non-hydrogen) atoms. The molecule has 0 aromatic heterocycles. The Labute approximate surface area is 152 Å². The number of rotatable bonds is 2. The van der Waals surface area contributed by atoms with Gasteiger partial charge in [0.05, 0.1) is 16.0 Å². The van der Waals surface area contributed by atoms with Gasteiger partial charge in [-0.3, -0.25) is 4.79 Å². The van der Waals surface area contributed by atoms with Crippen LogP contribution < -0.4 is 10.6 Å². The van der Waals surface area contributed by atoms with Crippen molar-refractivity contribution in [2.75, 3.05) is 0 Å². The third kappa shape index (κ3) is 4.78. The van der Waals surface area contributed by atoms with E-state index in [-0.39, 0.29) is 17.9 Å². The number of carbonyl (C=O) groups excluding carboxylic acids is 2. The first-order valence-electron chi connectivity index (χ1n) is 7.46. The van der Waals surface area contributed by atoms with Gasteiger partial charge in [-0.05, 0) is 45.4 Å². The Hall–Kier alpha value is -1.45. The molecule has 8 heteroatoms. The first kappa shape index (κ1) is 18.9. The van der Waals surface area contributed by atoms with E-state index in [9.17, 15) is 18.4 Å². The molecule has 3 atom stereocenters. The highest BCUT2D eigenvalue weighted by atomic mass is 127. The van der Waals surface area contributed by atoms with Crippen LogP contribution in [0.25, 0.3) is 0 Å². The molecule has 1 fully saturated rings. The van der Waals surface area contributed by atoms with Gasteiger partial charge >= 0.3 is 6.09 Å². The Morgan fingerprint density at radius 3 is 2.67 bits per heavy atom. The topological polar surface area (TPSA) is 67.4 Å². The van der Waals surface area contributed by atoms with Gasteiger partial charge in [-0.2, -0.15) is 0 Å². The monoisotopic (exact) mass is 452 g/mol. The van der Waals surface area contributed by atoms with Crippen LogP contribution in [-0.2, 0) is 9.53 Å². The number of alkyl halides is 1. The summed E-state index contributed by atoms with van der Waals surface area (Å²) in [5.74, 6) is -1.55. The first-order valence-corrected chi connectivity index (χ1v) is 8.70. The van der Waals surface area contributed by atoms with Crippen LogP contribution in [0.3, 0.4) is 0 Å². The van der Waals surface area contributed by atoms with Crippen molar-refractivity contribution in [3.63, 3.8) is 0 Å². The van der Waals surface area contributed by atoms with E-state index < -0.39 is 39.3 Å². The summed E-state index contributed by atoms with van der Waals surface area (Å²) in [4.78, 5) is 24.0. The minimum atomic E-state index is -0.869. The fraction of sp³-hybridized carbons (Fsp3) is 0.500. The Morgan fingerprint density at radius 1 is 1.38 bits per heavy atom. The number of hydrogen-bond acceptors (Lipinski definition) is 3. The molecule has 1 heterocycles. The highest BCUT2D eigenvalue weighted by Crippen LogP contribution is 2.30. The predicted octanol–water partition coefficient (Wildman–Crippen LogP) is 3.22. The van der Waals surface area contributed by atoms with Crippen molar-refractivity contribution in [1.82, 2.24) is 10.6 Å². The molecule has 0 spiro atoms. The lowest BCUT2D eigenvalue weighted by Gasteiger charge is -2.36. The largest absolute Gasteiger partial charge is 0.444 e. The smallest absolute Gasteiger partial charge is 0.407 e. The second kappa shape index (κ2) is 7.20. The van der Waals surface area contributed by atoms with Crippen LogP contribution in [0.4, 0.5) is 13.6 Å². The molecule has 0 bridgehead atoms. The summed E-state index contributed by atoms with van der Waals surface area (Å²) in [7, 11) is 0. The van der Waals surface area contributed by atoms with E-state index in [0.29, 0.717) is 0 Å². The van der Waals surface area contributed by atoms with Crippen molar-refractivity contribution in [2.24, 2.45) is 0 Å². The molecule has 1 saturated heterocycles. The second-order valence-electron chi connectivity index (χ2n) is 6.61. The van der Waals surface area contributed by atoms with Gasteiger partial charge in [-0.25, -0.2) is 13.6 Å². The van der Waals surface area contributed by atoms with Gasteiger partial charge in [0.15, 0.2) is 0 Å². The number of carbonyl (C=O) groups is 2. The molecule has 5 nitrogen and oxygen atoms in total. The van der Waals surface area contributed by atoms with Gasteiger partial charge in [-0.15, -0.1) is 0 Å². The fourth-order valence-electron chi connectivity index (χ4n) is 2.46. The first-order chi connectivity index (χ1) is 11.1. The van der Waals surface area contributed by atoms with Crippen molar-refractivity contribution in [3.05, 3.63) is 35.4 Å². The summed E-state index contributed by atoms with van der Waals surface area (Å²) in [6.45, 7) is 5.17. The molecular weight excluding hydrogens is 433 g/mol. The van der Waals surface area contributed by atoms with Gasteiger partial charge in [0.25, 0.3) is 0 Å². The van der Waals surface area contributed by atoms with Crippen molar-refractivity contribution in [2.45, 2.75) is 48.8 Å². The van der Waals surface area contributed by atoms with E-state index in [1.165, 1.54) is 0 Å². The Bertz CT molecular complexity index is 649. The van der Waals surface area contributed by atoms with Crippen molar-refractivity contribution in [3.8, 4) is 0 Å². The normalized spacial score (nSPS) is 24.2. The standard InChI is InChI=1S/C16H19F2IN2O3/c1-16(2,3)24-15(23)20-12-7-11(19)14(22)21-13(12)9-6-8(17)4-5-10(9)18/h4-6,11-13H,7H2,1-3H3,(H,20,23)(H,21,22)/t11?,12-,13?/m0/s1. The zero-order valence-electron chi connectivity index (χ0n) is 13.5. The minimum absolute atomic E-state index is 0.00675. The molecule has 0 aliphatic carbocycles. The summed E-state index contributed by atoms with van der Waals surface area (Å²) in [5, 5.41) is 5.30. The fourth-order valence-corrected chi connectivity index (χ4v) is 3.19. The predicted molar refractivity (Wildman–Crippen MR) is 92.8 cm³/mol. The SMILES string of the molecule is CC(C)(C)OC(=O)N[C@H]1CC(I)C(=O)NC1c1cc(F)ccc1F. The number of amides is 2. The van der Waals surface area contributed by atoms with Gasteiger partial charge in [0, 0.05) is 5.56 Å². The van der Waals surface area contributed by atoms with Gasteiger partial charge in [0.1, 0.15) is 17.2 Å². The van der Waals surface area contributed by atoms with Gasteiger partial charge in [-0.1, -0.05) is 22.6 Å². The third-order valence-corrected chi connectivity index (χ3v) is 4.51. The van der Waals surface area contributed by atoms with E-state index in [2.05, 4.69) is 10.6 Å². The molecule has 1 aromatic rings. The Kier molecular flexibility index (Phi) is 5.67. The van der Waals surface area contributed by atoms with Crippen molar-refractivity contribution >= 4 is 34.6 Å². The number of piperidine rings is 1. The molecule has 1 aliphatic heterocycles. The zero-order chi connectivity index (χ0) is 18.1. The lowest BCUT2D eigenvalue weighted by molar-refractivity contribution is -0.123. The quantitative estimate of drug-likeness (QED) is 0.535.